The van der Waals surface area contributed by atoms with E-state index in [-0.39, 0.29) is 24.3 Å². The Labute approximate surface area is 141 Å². The molecule has 24 heavy (non-hydrogen) atoms. The number of ether oxygens (including phenoxy) is 1. The number of halogens is 1. The zero-order valence-corrected chi connectivity index (χ0v) is 13.7. The highest BCUT2D eigenvalue weighted by Crippen LogP contribution is 2.21. The Bertz CT molecular complexity index is 546. The fourth-order valence-electron chi connectivity index (χ4n) is 3.48. The molecule has 1 aromatic rings. The highest BCUT2D eigenvalue weighted by molar-refractivity contribution is 5.94. The summed E-state index contributed by atoms with van der Waals surface area (Å²) in [5.74, 6) is -0.674. The number of benzene rings is 1. The van der Waals surface area contributed by atoms with Gasteiger partial charge >= 0.3 is 0 Å². The minimum absolute atomic E-state index is 0.0826. The van der Waals surface area contributed by atoms with E-state index in [9.17, 15) is 14.3 Å². The minimum atomic E-state index is -0.638. The molecule has 1 aliphatic heterocycles. The Morgan fingerprint density at radius 2 is 1.92 bits per heavy atom. The number of nitrogens with one attached hydrogen (secondary N) is 2. The second-order valence-electron chi connectivity index (χ2n) is 6.69. The quantitative estimate of drug-likeness (QED) is 0.764. The monoisotopic (exact) mass is 336 g/mol. The molecule has 0 bridgehead atoms. The van der Waals surface area contributed by atoms with Gasteiger partial charge in [-0.2, -0.15) is 0 Å². The molecule has 6 heteroatoms. The topological polar surface area (TPSA) is 70.6 Å². The highest BCUT2D eigenvalue weighted by Gasteiger charge is 2.37. The van der Waals surface area contributed by atoms with Crippen LogP contribution < -0.4 is 10.6 Å². The first-order valence-electron chi connectivity index (χ1n) is 8.73. The summed E-state index contributed by atoms with van der Waals surface area (Å²) in [6.07, 6.45) is 5.00. The van der Waals surface area contributed by atoms with Gasteiger partial charge in [-0.25, -0.2) is 4.39 Å². The lowest BCUT2D eigenvalue weighted by Gasteiger charge is -2.27. The van der Waals surface area contributed by atoms with Gasteiger partial charge < -0.3 is 20.5 Å². The molecule has 1 aliphatic carbocycles. The number of carbonyl (C=O) groups is 1. The molecule has 1 aromatic carbocycles. The van der Waals surface area contributed by atoms with E-state index in [1.54, 1.807) is 0 Å². The average molecular weight is 336 g/mol. The van der Waals surface area contributed by atoms with Crippen LogP contribution in [0.25, 0.3) is 0 Å². The Morgan fingerprint density at radius 3 is 2.62 bits per heavy atom. The summed E-state index contributed by atoms with van der Waals surface area (Å²) in [5.41, 5.74) is 0.390. The number of amides is 1. The van der Waals surface area contributed by atoms with Crippen LogP contribution in [-0.2, 0) is 4.74 Å². The first-order valence-corrected chi connectivity index (χ1v) is 8.73. The summed E-state index contributed by atoms with van der Waals surface area (Å²) < 4.78 is 18.5. The van der Waals surface area contributed by atoms with Crippen molar-refractivity contribution >= 4 is 5.91 Å². The van der Waals surface area contributed by atoms with E-state index < -0.39 is 12.2 Å². The molecule has 1 saturated carbocycles. The van der Waals surface area contributed by atoms with Crippen LogP contribution in [0.15, 0.2) is 24.3 Å². The van der Waals surface area contributed by atoms with Crippen molar-refractivity contribution in [3.63, 3.8) is 0 Å². The van der Waals surface area contributed by atoms with Gasteiger partial charge in [0.2, 0.25) is 0 Å². The van der Waals surface area contributed by atoms with Crippen LogP contribution in [0.2, 0.25) is 0 Å². The molecular formula is C18H25FN2O3. The van der Waals surface area contributed by atoms with Crippen LogP contribution in [-0.4, -0.2) is 48.5 Å². The number of hydrogen-bond donors (Lipinski definition) is 3. The molecule has 132 valence electrons. The molecule has 2 aliphatic rings. The van der Waals surface area contributed by atoms with Gasteiger partial charge in [-0.3, -0.25) is 4.79 Å². The van der Waals surface area contributed by atoms with E-state index in [0.717, 1.165) is 12.8 Å². The molecule has 3 N–H and O–H groups in total. The van der Waals surface area contributed by atoms with Crippen LogP contribution in [0, 0.1) is 5.82 Å². The largest absolute Gasteiger partial charge is 0.389 e. The molecule has 2 fully saturated rings. The van der Waals surface area contributed by atoms with Gasteiger partial charge in [0.25, 0.3) is 5.91 Å². The zero-order chi connectivity index (χ0) is 16.9. The molecule has 0 spiro atoms. The first-order chi connectivity index (χ1) is 11.6. The standard InChI is InChI=1S/C18H25FN2O3/c19-13-8-6-12(7-9-13)18(23)20-10-16-17(22)15(11-24-16)21-14-4-2-1-3-5-14/h6-9,14-17,21-22H,1-5,10-11H2,(H,20,23)/t15-,16-,17+/m1/s1. The van der Waals surface area contributed by atoms with Crippen molar-refractivity contribution in [2.75, 3.05) is 13.2 Å². The fourth-order valence-corrected chi connectivity index (χ4v) is 3.48. The summed E-state index contributed by atoms with van der Waals surface area (Å²) in [4.78, 5) is 12.0. The third-order valence-electron chi connectivity index (χ3n) is 4.91. The molecule has 0 unspecified atom stereocenters. The molecule has 1 heterocycles. The van der Waals surface area contributed by atoms with E-state index in [1.165, 1.54) is 43.5 Å². The smallest absolute Gasteiger partial charge is 0.251 e. The Kier molecular flexibility index (Phi) is 5.81. The maximum absolute atomic E-state index is 12.9. The van der Waals surface area contributed by atoms with Gasteiger partial charge in [0.1, 0.15) is 11.9 Å². The van der Waals surface area contributed by atoms with Crippen LogP contribution in [0.1, 0.15) is 42.5 Å². The second-order valence-corrected chi connectivity index (χ2v) is 6.69. The van der Waals surface area contributed by atoms with Crippen molar-refractivity contribution in [1.82, 2.24) is 10.6 Å². The van der Waals surface area contributed by atoms with Gasteiger partial charge in [-0.1, -0.05) is 19.3 Å². The molecule has 5 nitrogen and oxygen atoms in total. The van der Waals surface area contributed by atoms with E-state index in [4.69, 9.17) is 4.74 Å². The summed E-state index contributed by atoms with van der Waals surface area (Å²) in [5, 5.41) is 16.6. The van der Waals surface area contributed by atoms with E-state index in [0.29, 0.717) is 18.2 Å². The van der Waals surface area contributed by atoms with Crippen molar-refractivity contribution in [2.24, 2.45) is 0 Å². The maximum atomic E-state index is 12.9. The van der Waals surface area contributed by atoms with Gasteiger partial charge in [0, 0.05) is 18.2 Å². The summed E-state index contributed by atoms with van der Waals surface area (Å²) >= 11 is 0. The van der Waals surface area contributed by atoms with Crippen LogP contribution in [0.4, 0.5) is 4.39 Å². The molecule has 1 amide bonds. The van der Waals surface area contributed by atoms with Crippen molar-refractivity contribution in [1.29, 1.82) is 0 Å². The lowest BCUT2D eigenvalue weighted by molar-refractivity contribution is 0.0394. The Balaban J connectivity index is 1.45. The van der Waals surface area contributed by atoms with Crippen LogP contribution in [0.3, 0.4) is 0 Å². The van der Waals surface area contributed by atoms with Crippen molar-refractivity contribution < 1.29 is 19.0 Å². The normalized spacial score (nSPS) is 28.0. The highest BCUT2D eigenvalue weighted by atomic mass is 19.1. The summed E-state index contributed by atoms with van der Waals surface area (Å²) in [7, 11) is 0. The molecule has 1 saturated heterocycles. The predicted molar refractivity (Wildman–Crippen MR) is 88.3 cm³/mol. The Morgan fingerprint density at radius 1 is 1.21 bits per heavy atom. The molecule has 3 rings (SSSR count). The van der Waals surface area contributed by atoms with E-state index in [2.05, 4.69) is 10.6 Å². The summed E-state index contributed by atoms with van der Waals surface area (Å²) in [6, 6.07) is 5.74. The van der Waals surface area contributed by atoms with Gasteiger partial charge in [-0.05, 0) is 37.1 Å². The maximum Gasteiger partial charge on any atom is 0.251 e. The molecule has 3 atom stereocenters. The Hall–Kier alpha value is -1.50. The number of aliphatic hydroxyl groups is 1. The minimum Gasteiger partial charge on any atom is -0.389 e. The third-order valence-corrected chi connectivity index (χ3v) is 4.91. The second kappa shape index (κ2) is 8.05. The lowest BCUT2D eigenvalue weighted by atomic mass is 9.94. The molecule has 0 radical (unpaired) electrons. The van der Waals surface area contributed by atoms with E-state index in [1.807, 2.05) is 0 Å². The van der Waals surface area contributed by atoms with Crippen molar-refractivity contribution in [2.45, 2.75) is 56.4 Å². The number of aliphatic hydroxyl groups excluding tert-OH is 1. The SMILES string of the molecule is O=C(NC[C@H]1OC[C@@H](NC2CCCCC2)[C@@H]1O)c1ccc(F)cc1. The first kappa shape index (κ1) is 17.3. The summed E-state index contributed by atoms with van der Waals surface area (Å²) in [6.45, 7) is 0.689. The van der Waals surface area contributed by atoms with Crippen molar-refractivity contribution in [3.8, 4) is 0 Å². The fraction of sp³-hybridized carbons (Fsp3) is 0.611. The number of carbonyl (C=O) groups excluding carboxylic acids is 1. The van der Waals surface area contributed by atoms with Crippen LogP contribution >= 0.6 is 0 Å². The van der Waals surface area contributed by atoms with E-state index >= 15 is 0 Å². The van der Waals surface area contributed by atoms with Crippen molar-refractivity contribution in [3.05, 3.63) is 35.6 Å². The van der Waals surface area contributed by atoms with Gasteiger partial charge in [0.15, 0.2) is 0 Å². The number of rotatable bonds is 5. The molecular weight excluding hydrogens is 311 g/mol. The average Bonchev–Trinajstić information content (AvgIpc) is 2.94. The van der Waals surface area contributed by atoms with Gasteiger partial charge in [0.05, 0.1) is 18.8 Å². The predicted octanol–water partition coefficient (Wildman–Crippen LogP) is 1.61. The molecule has 0 aromatic heterocycles. The van der Waals surface area contributed by atoms with Gasteiger partial charge in [-0.15, -0.1) is 0 Å². The van der Waals surface area contributed by atoms with Crippen LogP contribution in [0.5, 0.6) is 0 Å². The number of hydrogen-bond acceptors (Lipinski definition) is 4. The lowest BCUT2D eigenvalue weighted by Crippen LogP contribution is -2.48. The third kappa shape index (κ3) is 4.32. The zero-order valence-electron chi connectivity index (χ0n) is 13.7.